The average molecular weight is 173 g/mol. The number of halogens is 1. The molecule has 0 atom stereocenters. The minimum absolute atomic E-state index is 0.420. The first kappa shape index (κ1) is 8.30. The molecular formula is C7H9ClN2O. The molecular weight excluding hydrogens is 164 g/mol. The fraction of sp³-hybridized carbons (Fsp3) is 0.286. The van der Waals surface area contributed by atoms with E-state index in [1.807, 2.05) is 0 Å². The van der Waals surface area contributed by atoms with Gasteiger partial charge in [0.15, 0.2) is 0 Å². The third-order valence-corrected chi connectivity index (χ3v) is 1.46. The Bertz CT molecular complexity index is 252. The number of methoxy groups -OCH3 is 1. The van der Waals surface area contributed by atoms with E-state index in [-0.39, 0.29) is 0 Å². The van der Waals surface area contributed by atoms with Gasteiger partial charge in [-0.15, -0.1) is 0 Å². The Balaban J connectivity index is 2.90. The molecule has 0 saturated heterocycles. The van der Waals surface area contributed by atoms with Crippen molar-refractivity contribution in [2.45, 2.75) is 6.61 Å². The van der Waals surface area contributed by atoms with Gasteiger partial charge in [-0.3, -0.25) is 4.98 Å². The molecule has 0 spiro atoms. The van der Waals surface area contributed by atoms with E-state index in [4.69, 9.17) is 22.1 Å². The molecule has 0 amide bonds. The van der Waals surface area contributed by atoms with Crippen LogP contribution in [0.5, 0.6) is 0 Å². The van der Waals surface area contributed by atoms with Crippen LogP contribution in [0.15, 0.2) is 12.3 Å². The van der Waals surface area contributed by atoms with Gasteiger partial charge in [0, 0.05) is 13.3 Å². The number of rotatable bonds is 2. The fourth-order valence-corrected chi connectivity index (χ4v) is 0.907. The first-order chi connectivity index (χ1) is 5.24. The molecule has 1 rings (SSSR count). The van der Waals surface area contributed by atoms with Crippen molar-refractivity contribution >= 4 is 17.3 Å². The Labute approximate surface area is 70.1 Å². The summed E-state index contributed by atoms with van der Waals surface area (Å²) in [5, 5.41) is 0.544. The molecule has 2 N–H and O–H groups in total. The zero-order chi connectivity index (χ0) is 8.27. The number of anilines is 1. The topological polar surface area (TPSA) is 48.1 Å². The highest BCUT2D eigenvalue weighted by Crippen LogP contribution is 2.15. The molecule has 1 heterocycles. The van der Waals surface area contributed by atoms with E-state index in [0.717, 1.165) is 5.69 Å². The van der Waals surface area contributed by atoms with Crippen molar-refractivity contribution in [3.05, 3.63) is 23.0 Å². The zero-order valence-corrected chi connectivity index (χ0v) is 6.93. The van der Waals surface area contributed by atoms with Gasteiger partial charge in [0.05, 0.1) is 23.0 Å². The Morgan fingerprint density at radius 2 is 2.45 bits per heavy atom. The zero-order valence-electron chi connectivity index (χ0n) is 6.17. The number of aromatic nitrogens is 1. The predicted octanol–water partition coefficient (Wildman–Crippen LogP) is 1.46. The number of ether oxygens (including phenoxy) is 1. The van der Waals surface area contributed by atoms with Gasteiger partial charge in [-0.05, 0) is 6.07 Å². The van der Waals surface area contributed by atoms with Gasteiger partial charge in [-0.2, -0.15) is 0 Å². The van der Waals surface area contributed by atoms with E-state index < -0.39 is 0 Å². The van der Waals surface area contributed by atoms with Crippen molar-refractivity contribution in [2.24, 2.45) is 0 Å². The number of pyridine rings is 1. The SMILES string of the molecule is COCc1ncc(Cl)cc1N. The van der Waals surface area contributed by atoms with E-state index in [9.17, 15) is 0 Å². The smallest absolute Gasteiger partial charge is 0.0905 e. The third-order valence-electron chi connectivity index (χ3n) is 1.25. The lowest BCUT2D eigenvalue weighted by Crippen LogP contribution is -1.98. The molecule has 0 aliphatic rings. The summed E-state index contributed by atoms with van der Waals surface area (Å²) in [6, 6.07) is 1.66. The van der Waals surface area contributed by atoms with Crippen LogP contribution < -0.4 is 5.73 Å². The van der Waals surface area contributed by atoms with E-state index in [1.54, 1.807) is 19.4 Å². The Hall–Kier alpha value is -0.800. The molecule has 0 bridgehead atoms. The van der Waals surface area contributed by atoms with E-state index >= 15 is 0 Å². The van der Waals surface area contributed by atoms with Crippen LogP contribution in [0, 0.1) is 0 Å². The predicted molar refractivity (Wildman–Crippen MR) is 44.4 cm³/mol. The van der Waals surface area contributed by atoms with Crippen molar-refractivity contribution in [1.82, 2.24) is 4.98 Å². The molecule has 0 aliphatic heterocycles. The monoisotopic (exact) mass is 172 g/mol. The molecule has 0 aromatic carbocycles. The lowest BCUT2D eigenvalue weighted by molar-refractivity contribution is 0.182. The molecule has 0 unspecified atom stereocenters. The average Bonchev–Trinajstić information content (AvgIpc) is 1.95. The summed E-state index contributed by atoms with van der Waals surface area (Å²) in [7, 11) is 1.59. The normalized spacial score (nSPS) is 10.0. The summed E-state index contributed by atoms with van der Waals surface area (Å²) in [5.41, 5.74) is 6.87. The quantitative estimate of drug-likeness (QED) is 0.735. The number of hydrogen-bond donors (Lipinski definition) is 1. The van der Waals surface area contributed by atoms with Crippen LogP contribution in [0.25, 0.3) is 0 Å². The maximum Gasteiger partial charge on any atom is 0.0905 e. The fourth-order valence-electron chi connectivity index (χ4n) is 0.741. The highest BCUT2D eigenvalue weighted by Gasteiger charge is 1.99. The Morgan fingerprint density at radius 3 is 3.00 bits per heavy atom. The maximum atomic E-state index is 5.63. The molecule has 1 aromatic heterocycles. The highest BCUT2D eigenvalue weighted by molar-refractivity contribution is 6.30. The van der Waals surface area contributed by atoms with Gasteiger partial charge in [0.2, 0.25) is 0 Å². The number of nitrogens with zero attached hydrogens (tertiary/aromatic N) is 1. The van der Waals surface area contributed by atoms with Crippen molar-refractivity contribution < 1.29 is 4.74 Å². The second-order valence-corrected chi connectivity index (χ2v) is 2.56. The number of nitrogens with two attached hydrogens (primary N) is 1. The first-order valence-corrected chi connectivity index (χ1v) is 3.50. The standard InChI is InChI=1S/C7H9ClN2O/c1-11-4-7-6(9)2-5(8)3-10-7/h2-3H,4,9H2,1H3. The third kappa shape index (κ3) is 2.06. The van der Waals surface area contributed by atoms with Crippen LogP contribution in [0.1, 0.15) is 5.69 Å². The molecule has 0 saturated carbocycles. The van der Waals surface area contributed by atoms with Crippen LogP contribution in [0.2, 0.25) is 5.02 Å². The largest absolute Gasteiger partial charge is 0.397 e. The first-order valence-electron chi connectivity index (χ1n) is 3.13. The van der Waals surface area contributed by atoms with E-state index in [2.05, 4.69) is 4.98 Å². The Morgan fingerprint density at radius 1 is 1.73 bits per heavy atom. The molecule has 3 nitrogen and oxygen atoms in total. The Kier molecular flexibility index (Phi) is 2.68. The van der Waals surface area contributed by atoms with Crippen molar-refractivity contribution in [2.75, 3.05) is 12.8 Å². The van der Waals surface area contributed by atoms with Crippen LogP contribution >= 0.6 is 11.6 Å². The second kappa shape index (κ2) is 3.55. The summed E-state index contributed by atoms with van der Waals surface area (Å²) in [6.45, 7) is 0.420. The minimum atomic E-state index is 0.420. The summed E-state index contributed by atoms with van der Waals surface area (Å²) in [4.78, 5) is 3.99. The summed E-state index contributed by atoms with van der Waals surface area (Å²) in [5.74, 6) is 0. The van der Waals surface area contributed by atoms with Gasteiger partial charge in [0.25, 0.3) is 0 Å². The van der Waals surface area contributed by atoms with Gasteiger partial charge in [-0.25, -0.2) is 0 Å². The van der Waals surface area contributed by atoms with Crippen molar-refractivity contribution in [3.8, 4) is 0 Å². The van der Waals surface area contributed by atoms with Gasteiger partial charge < -0.3 is 10.5 Å². The van der Waals surface area contributed by atoms with Crippen LogP contribution in [-0.4, -0.2) is 12.1 Å². The van der Waals surface area contributed by atoms with Crippen LogP contribution in [0.3, 0.4) is 0 Å². The number of nitrogen functional groups attached to an aromatic ring is 1. The van der Waals surface area contributed by atoms with Crippen LogP contribution in [0.4, 0.5) is 5.69 Å². The molecule has 4 heteroatoms. The van der Waals surface area contributed by atoms with Gasteiger partial charge in [0.1, 0.15) is 0 Å². The molecule has 0 fully saturated rings. The summed E-state index contributed by atoms with van der Waals surface area (Å²) < 4.78 is 4.86. The molecule has 0 radical (unpaired) electrons. The van der Waals surface area contributed by atoms with Crippen molar-refractivity contribution in [3.63, 3.8) is 0 Å². The lowest BCUT2D eigenvalue weighted by Gasteiger charge is -2.02. The molecule has 60 valence electrons. The minimum Gasteiger partial charge on any atom is -0.397 e. The lowest BCUT2D eigenvalue weighted by atomic mass is 10.3. The highest BCUT2D eigenvalue weighted by atomic mass is 35.5. The number of hydrogen-bond acceptors (Lipinski definition) is 3. The summed E-state index contributed by atoms with van der Waals surface area (Å²) in [6.07, 6.45) is 1.55. The van der Waals surface area contributed by atoms with E-state index in [1.165, 1.54) is 0 Å². The van der Waals surface area contributed by atoms with Crippen molar-refractivity contribution in [1.29, 1.82) is 0 Å². The van der Waals surface area contributed by atoms with Gasteiger partial charge in [-0.1, -0.05) is 11.6 Å². The maximum absolute atomic E-state index is 5.63. The van der Waals surface area contributed by atoms with E-state index in [0.29, 0.717) is 17.3 Å². The molecule has 1 aromatic rings. The summed E-state index contributed by atoms with van der Waals surface area (Å²) >= 11 is 5.63. The van der Waals surface area contributed by atoms with Gasteiger partial charge >= 0.3 is 0 Å². The molecule has 11 heavy (non-hydrogen) atoms. The second-order valence-electron chi connectivity index (χ2n) is 2.12. The molecule has 0 aliphatic carbocycles. The van der Waals surface area contributed by atoms with Crippen LogP contribution in [-0.2, 0) is 11.3 Å².